The molecule has 1 aliphatic heterocycles. The van der Waals surface area contributed by atoms with Crippen molar-refractivity contribution < 1.29 is 13.9 Å². The molecule has 7 nitrogen and oxygen atoms in total. The van der Waals surface area contributed by atoms with Crippen molar-refractivity contribution in [3.8, 4) is 10.4 Å². The molecule has 9 heteroatoms. The van der Waals surface area contributed by atoms with Crippen LogP contribution in [0.25, 0.3) is 10.4 Å². The smallest absolute Gasteiger partial charge is 0.291 e. The molecule has 3 aromatic rings. The molecule has 0 bridgehead atoms. The van der Waals surface area contributed by atoms with Crippen LogP contribution in [0.2, 0.25) is 0 Å². The molecule has 0 saturated heterocycles. The zero-order chi connectivity index (χ0) is 18.6. The average Bonchev–Trinajstić information content (AvgIpc) is 3.43. The Balaban J connectivity index is 1.46. The summed E-state index contributed by atoms with van der Waals surface area (Å²) in [6.07, 6.45) is 4.55. The van der Waals surface area contributed by atoms with Gasteiger partial charge in [-0.2, -0.15) is 15.4 Å². The molecule has 0 radical (unpaired) electrons. The molecule has 2 N–H and O–H groups in total. The van der Waals surface area contributed by atoms with Gasteiger partial charge in [-0.3, -0.25) is 4.90 Å². The van der Waals surface area contributed by atoms with Gasteiger partial charge < -0.3 is 10.1 Å². The van der Waals surface area contributed by atoms with E-state index in [1.165, 1.54) is 28.6 Å². The van der Waals surface area contributed by atoms with Gasteiger partial charge >= 0.3 is 0 Å². The van der Waals surface area contributed by atoms with Gasteiger partial charge in [0.1, 0.15) is 12.1 Å². The first kappa shape index (κ1) is 17.2. The second kappa shape index (κ2) is 7.55. The number of H-pyrrole nitrogens is 1. The van der Waals surface area contributed by atoms with Crippen LogP contribution in [-0.4, -0.2) is 21.4 Å². The first-order valence-electron chi connectivity index (χ1n) is 8.06. The largest absolute Gasteiger partial charge is 0.438 e. The van der Waals surface area contributed by atoms with Crippen molar-refractivity contribution in [2.75, 3.05) is 4.90 Å². The van der Waals surface area contributed by atoms with E-state index < -0.39 is 0 Å². The minimum Gasteiger partial charge on any atom is -0.438 e. The molecule has 2 aromatic heterocycles. The van der Waals surface area contributed by atoms with Crippen LogP contribution in [0, 0.1) is 5.82 Å². The van der Waals surface area contributed by atoms with Crippen LogP contribution in [0.15, 0.2) is 54.9 Å². The van der Waals surface area contributed by atoms with Gasteiger partial charge in [-0.05, 0) is 30.3 Å². The van der Waals surface area contributed by atoms with Crippen LogP contribution >= 0.6 is 11.3 Å². The molecule has 3 heterocycles. The van der Waals surface area contributed by atoms with Crippen molar-refractivity contribution >= 4 is 23.0 Å². The molecule has 1 aliphatic rings. The lowest BCUT2D eigenvalue weighted by molar-refractivity contribution is 0.369. The third-order valence-electron chi connectivity index (χ3n) is 3.92. The van der Waals surface area contributed by atoms with Crippen molar-refractivity contribution in [3.63, 3.8) is 0 Å². The highest BCUT2D eigenvalue weighted by molar-refractivity contribution is 7.15. The summed E-state index contributed by atoms with van der Waals surface area (Å²) in [5.74, 6) is 1.29. The number of halogens is 1. The Morgan fingerprint density at radius 3 is 3.00 bits per heavy atom. The van der Waals surface area contributed by atoms with E-state index in [2.05, 4.69) is 20.7 Å². The zero-order valence-corrected chi connectivity index (χ0v) is 14.8. The summed E-state index contributed by atoms with van der Waals surface area (Å²) in [5.41, 5.74) is 1.83. The quantitative estimate of drug-likeness (QED) is 0.637. The molecular formula is C18H14FN5O2S. The lowest BCUT2D eigenvalue weighted by Gasteiger charge is -2.14. The van der Waals surface area contributed by atoms with Crippen molar-refractivity contribution in [2.45, 2.75) is 13.1 Å². The molecule has 4 rings (SSSR count). The molecule has 0 saturated carbocycles. The molecule has 0 aliphatic carbocycles. The maximum atomic E-state index is 14.6. The Morgan fingerprint density at radius 2 is 2.22 bits per heavy atom. The van der Waals surface area contributed by atoms with Crippen molar-refractivity contribution in [3.05, 3.63) is 71.3 Å². The molecular weight excluding hydrogens is 369 g/mol. The third-order valence-corrected chi connectivity index (χ3v) is 5.04. The summed E-state index contributed by atoms with van der Waals surface area (Å²) in [6.45, 7) is 1.26. The SMILES string of the molecule is O=C=C1OC=CN1c1ccc(-c2ccc(CNCc3cn[nH]n3)s2)c(F)c1. The van der Waals surface area contributed by atoms with Gasteiger partial charge in [-0.15, -0.1) is 11.3 Å². The van der Waals surface area contributed by atoms with Gasteiger partial charge in [0.2, 0.25) is 0 Å². The summed E-state index contributed by atoms with van der Waals surface area (Å²) in [7, 11) is 0. The number of aromatic amines is 1. The number of thiophene rings is 1. The van der Waals surface area contributed by atoms with Gasteiger partial charge in [0, 0.05) is 34.6 Å². The van der Waals surface area contributed by atoms with Crippen molar-refractivity contribution in [1.82, 2.24) is 20.7 Å². The third kappa shape index (κ3) is 3.65. The molecule has 1 aromatic carbocycles. The average molecular weight is 383 g/mol. The minimum absolute atomic E-state index is 0.0150. The Labute approximate surface area is 157 Å². The highest BCUT2D eigenvalue weighted by Crippen LogP contribution is 2.33. The number of hydrogen-bond acceptors (Lipinski definition) is 7. The van der Waals surface area contributed by atoms with Gasteiger partial charge in [-0.25, -0.2) is 9.18 Å². The van der Waals surface area contributed by atoms with Gasteiger partial charge in [0.25, 0.3) is 5.88 Å². The standard InChI is InChI=1S/C18H14FN5O2S/c19-16-7-13(24-5-6-26-18(24)11-25)1-3-15(16)17-4-2-14(27-17)10-20-8-12-9-21-23-22-12/h1-7,9,20H,8,10H2,(H,21,22,23). The van der Waals surface area contributed by atoms with Crippen molar-refractivity contribution in [2.24, 2.45) is 0 Å². The van der Waals surface area contributed by atoms with Crippen LogP contribution < -0.4 is 10.2 Å². The molecule has 0 unspecified atom stereocenters. The normalized spacial score (nSPS) is 13.1. The molecule has 136 valence electrons. The second-order valence-electron chi connectivity index (χ2n) is 5.68. The number of nitrogens with zero attached hydrogens (tertiary/aromatic N) is 3. The Morgan fingerprint density at radius 1 is 1.30 bits per heavy atom. The number of anilines is 1. The van der Waals surface area contributed by atoms with Crippen molar-refractivity contribution in [1.29, 1.82) is 0 Å². The zero-order valence-electron chi connectivity index (χ0n) is 14.0. The maximum absolute atomic E-state index is 14.6. The predicted molar refractivity (Wildman–Crippen MR) is 98.5 cm³/mol. The van der Waals surface area contributed by atoms with Crippen LogP contribution in [0.4, 0.5) is 10.1 Å². The monoisotopic (exact) mass is 383 g/mol. The minimum atomic E-state index is -0.373. The van der Waals surface area contributed by atoms with E-state index >= 15 is 0 Å². The van der Waals surface area contributed by atoms with E-state index in [0.29, 0.717) is 24.3 Å². The van der Waals surface area contributed by atoms with Crippen LogP contribution in [0.5, 0.6) is 0 Å². The fourth-order valence-electron chi connectivity index (χ4n) is 2.65. The summed E-state index contributed by atoms with van der Waals surface area (Å²) in [4.78, 5) is 14.2. The number of rotatable bonds is 6. The van der Waals surface area contributed by atoms with E-state index in [1.807, 2.05) is 12.1 Å². The summed E-state index contributed by atoms with van der Waals surface area (Å²) in [5, 5.41) is 13.6. The lowest BCUT2D eigenvalue weighted by Crippen LogP contribution is -2.12. The van der Waals surface area contributed by atoms with Gasteiger partial charge in [-0.1, -0.05) is 0 Å². The van der Waals surface area contributed by atoms with E-state index in [1.54, 1.807) is 30.5 Å². The first-order chi connectivity index (χ1) is 13.2. The Kier molecular flexibility index (Phi) is 4.80. The highest BCUT2D eigenvalue weighted by Gasteiger charge is 2.18. The van der Waals surface area contributed by atoms with Crippen LogP contribution in [0.1, 0.15) is 10.6 Å². The summed E-state index contributed by atoms with van der Waals surface area (Å²) < 4.78 is 19.6. The second-order valence-corrected chi connectivity index (χ2v) is 6.84. The number of hydrogen-bond donors (Lipinski definition) is 2. The maximum Gasteiger partial charge on any atom is 0.291 e. The molecule has 0 fully saturated rings. The van der Waals surface area contributed by atoms with E-state index in [0.717, 1.165) is 15.4 Å². The van der Waals surface area contributed by atoms with Gasteiger partial charge in [0.05, 0.1) is 17.6 Å². The molecule has 0 amide bonds. The highest BCUT2D eigenvalue weighted by atomic mass is 32.1. The number of aromatic nitrogens is 3. The molecule has 0 atom stereocenters. The van der Waals surface area contributed by atoms with E-state index in [-0.39, 0.29) is 11.7 Å². The first-order valence-corrected chi connectivity index (χ1v) is 8.88. The van der Waals surface area contributed by atoms with Gasteiger partial charge in [0.15, 0.2) is 5.94 Å². The Bertz CT molecular complexity index is 1020. The number of carbonyl (C=O) groups excluding carboxylic acids is 1. The number of ether oxygens (including phenoxy) is 1. The van der Waals surface area contributed by atoms with Crippen LogP contribution in [0.3, 0.4) is 0 Å². The fourth-order valence-corrected chi connectivity index (χ4v) is 3.66. The van der Waals surface area contributed by atoms with Crippen LogP contribution in [-0.2, 0) is 22.6 Å². The lowest BCUT2D eigenvalue weighted by atomic mass is 10.1. The Hall–Kier alpha value is -3.26. The van der Waals surface area contributed by atoms with E-state index in [9.17, 15) is 9.18 Å². The molecule has 27 heavy (non-hydrogen) atoms. The summed E-state index contributed by atoms with van der Waals surface area (Å²) in [6, 6.07) is 8.65. The number of benzene rings is 1. The molecule has 0 spiro atoms. The topological polar surface area (TPSA) is 83.1 Å². The number of nitrogens with one attached hydrogen (secondary N) is 2. The predicted octanol–water partition coefficient (Wildman–Crippen LogP) is 2.94. The van der Waals surface area contributed by atoms with E-state index in [4.69, 9.17) is 4.74 Å². The summed E-state index contributed by atoms with van der Waals surface area (Å²) >= 11 is 1.51. The fraction of sp³-hybridized carbons (Fsp3) is 0.111.